The van der Waals surface area contributed by atoms with E-state index in [0.29, 0.717) is 32.1 Å². The van der Waals surface area contributed by atoms with E-state index in [2.05, 4.69) is 13.8 Å². The van der Waals surface area contributed by atoms with Gasteiger partial charge in [-0.2, -0.15) is 0 Å². The second-order valence-electron chi connectivity index (χ2n) is 15.7. The minimum absolute atomic E-state index is 0.0423. The molecule has 43 heavy (non-hydrogen) atoms. The molecule has 0 aromatic carbocycles. The molecule has 14 atom stereocenters. The summed E-state index contributed by atoms with van der Waals surface area (Å²) in [6.07, 6.45) is -0.422. The molecule has 10 heteroatoms. The predicted molar refractivity (Wildman–Crippen MR) is 156 cm³/mol. The third-order valence-corrected chi connectivity index (χ3v) is 12.4. The quantitative estimate of drug-likeness (QED) is 0.214. The third kappa shape index (κ3) is 5.78. The molecule has 246 valence electrons. The topological polar surface area (TPSA) is 177 Å². The van der Waals surface area contributed by atoms with Crippen LogP contribution in [0, 0.1) is 34.5 Å². The van der Waals surface area contributed by atoms with E-state index in [9.17, 15) is 40.5 Å². The predicted octanol–water partition coefficient (Wildman–Crippen LogP) is 1.59. The van der Waals surface area contributed by atoms with Crippen LogP contribution in [0.1, 0.15) is 92.4 Å². The molecule has 0 bridgehead atoms. The lowest BCUT2D eigenvalue weighted by Gasteiger charge is -2.58. The molecule has 4 aliphatic carbocycles. The van der Waals surface area contributed by atoms with Crippen molar-refractivity contribution in [2.75, 3.05) is 6.61 Å². The molecule has 10 nitrogen and oxygen atoms in total. The summed E-state index contributed by atoms with van der Waals surface area (Å²) in [5, 5.41) is 72.8. The highest BCUT2D eigenvalue weighted by Crippen LogP contribution is 2.67. The maximum atomic E-state index is 13.4. The van der Waals surface area contributed by atoms with Crippen molar-refractivity contribution in [1.82, 2.24) is 0 Å². The van der Waals surface area contributed by atoms with Crippen molar-refractivity contribution >= 4 is 5.78 Å². The Labute approximate surface area is 255 Å². The molecule has 5 rings (SSSR count). The third-order valence-electron chi connectivity index (χ3n) is 12.4. The lowest BCUT2D eigenvalue weighted by Crippen LogP contribution is -2.60. The molecule has 0 radical (unpaired) electrons. The van der Waals surface area contributed by atoms with Gasteiger partial charge in [-0.3, -0.25) is 4.79 Å². The second kappa shape index (κ2) is 11.7. The van der Waals surface area contributed by atoms with E-state index in [1.165, 1.54) is 5.57 Å². The van der Waals surface area contributed by atoms with Gasteiger partial charge < -0.3 is 45.2 Å². The normalized spacial score (nSPS) is 48.1. The van der Waals surface area contributed by atoms with Crippen LogP contribution in [0.3, 0.4) is 0 Å². The molecule has 1 aliphatic heterocycles. The zero-order valence-corrected chi connectivity index (χ0v) is 26.4. The van der Waals surface area contributed by atoms with Gasteiger partial charge >= 0.3 is 0 Å². The SMILES string of the molecule is CC(C)(CCC[C@](C)(O)[C@H]1CC[C@H]2C3=CC(=O)[C@@H]4C[C@@H](O)[C@@H](O)C[C@]4(C)[C@H]3CC[C@@]21C)O[C@@H]1O[C@H](CO)[C@@H](O)[C@H](O)[C@H]1O. The van der Waals surface area contributed by atoms with E-state index < -0.39 is 60.7 Å². The van der Waals surface area contributed by atoms with E-state index in [-0.39, 0.29) is 40.3 Å². The fourth-order valence-electron chi connectivity index (χ4n) is 10.0. The maximum Gasteiger partial charge on any atom is 0.187 e. The van der Waals surface area contributed by atoms with Crippen LogP contribution in [0.25, 0.3) is 0 Å². The average Bonchev–Trinajstić information content (AvgIpc) is 3.28. The summed E-state index contributed by atoms with van der Waals surface area (Å²) in [6, 6.07) is 0. The first-order chi connectivity index (χ1) is 19.9. The summed E-state index contributed by atoms with van der Waals surface area (Å²) < 4.78 is 11.5. The minimum atomic E-state index is -1.50. The zero-order chi connectivity index (χ0) is 31.7. The summed E-state index contributed by atoms with van der Waals surface area (Å²) >= 11 is 0. The summed E-state index contributed by atoms with van der Waals surface area (Å²) in [5.41, 5.74) is -1.07. The van der Waals surface area contributed by atoms with Gasteiger partial charge in [0.25, 0.3) is 0 Å². The minimum Gasteiger partial charge on any atom is -0.394 e. The molecule has 5 aliphatic rings. The van der Waals surface area contributed by atoms with Crippen LogP contribution in [0.5, 0.6) is 0 Å². The van der Waals surface area contributed by atoms with Gasteiger partial charge in [-0.1, -0.05) is 19.4 Å². The van der Waals surface area contributed by atoms with Gasteiger partial charge in [0.05, 0.1) is 30.0 Å². The highest BCUT2D eigenvalue weighted by molar-refractivity contribution is 5.94. The number of allylic oxidation sites excluding steroid dienone is 2. The Bertz CT molecular complexity index is 1070. The largest absolute Gasteiger partial charge is 0.394 e. The highest BCUT2D eigenvalue weighted by atomic mass is 16.7. The van der Waals surface area contributed by atoms with E-state index in [0.717, 1.165) is 25.7 Å². The number of ether oxygens (including phenoxy) is 2. The van der Waals surface area contributed by atoms with Crippen LogP contribution in [0.2, 0.25) is 0 Å². The van der Waals surface area contributed by atoms with Crippen LogP contribution < -0.4 is 0 Å². The Morgan fingerprint density at radius 3 is 2.26 bits per heavy atom. The monoisotopic (exact) mass is 610 g/mol. The molecular formula is C33H54O10. The first-order valence-electron chi connectivity index (χ1n) is 16.3. The number of fused-ring (bicyclic) bond motifs is 5. The van der Waals surface area contributed by atoms with Crippen LogP contribution >= 0.6 is 0 Å². The number of aliphatic hydroxyl groups excluding tert-OH is 6. The van der Waals surface area contributed by atoms with Crippen LogP contribution in [0.4, 0.5) is 0 Å². The summed E-state index contributed by atoms with van der Waals surface area (Å²) in [4.78, 5) is 13.4. The van der Waals surface area contributed by atoms with Crippen molar-refractivity contribution < 1.29 is 50.0 Å². The lowest BCUT2D eigenvalue weighted by molar-refractivity contribution is -0.323. The van der Waals surface area contributed by atoms with Crippen LogP contribution in [-0.4, -0.2) is 102 Å². The zero-order valence-electron chi connectivity index (χ0n) is 26.4. The van der Waals surface area contributed by atoms with Crippen molar-refractivity contribution in [2.45, 2.75) is 147 Å². The fraction of sp³-hybridized carbons (Fsp3) is 0.909. The lowest BCUT2D eigenvalue weighted by atomic mass is 9.47. The fourth-order valence-corrected chi connectivity index (χ4v) is 10.0. The molecule has 0 aromatic heterocycles. The van der Waals surface area contributed by atoms with Crippen LogP contribution in [-0.2, 0) is 14.3 Å². The smallest absolute Gasteiger partial charge is 0.187 e. The number of carbonyl (C=O) groups is 1. The average molecular weight is 611 g/mol. The van der Waals surface area contributed by atoms with Crippen molar-refractivity contribution in [3.63, 3.8) is 0 Å². The van der Waals surface area contributed by atoms with Gasteiger partial charge in [0.15, 0.2) is 12.1 Å². The molecular weight excluding hydrogens is 556 g/mol. The van der Waals surface area contributed by atoms with Gasteiger partial charge in [0.2, 0.25) is 0 Å². The Kier molecular flexibility index (Phi) is 9.08. The Morgan fingerprint density at radius 2 is 1.58 bits per heavy atom. The Morgan fingerprint density at radius 1 is 0.907 bits per heavy atom. The van der Waals surface area contributed by atoms with Crippen LogP contribution in [0.15, 0.2) is 11.6 Å². The van der Waals surface area contributed by atoms with Gasteiger partial charge in [0, 0.05) is 5.92 Å². The number of rotatable bonds is 8. The van der Waals surface area contributed by atoms with Crippen molar-refractivity contribution in [3.05, 3.63) is 11.6 Å². The summed E-state index contributed by atoms with van der Waals surface area (Å²) in [5.74, 6) is 0.235. The number of ketones is 1. The number of aliphatic hydroxyl groups is 7. The summed E-state index contributed by atoms with van der Waals surface area (Å²) in [6.45, 7) is 9.48. The molecule has 1 saturated heterocycles. The molecule has 7 N–H and O–H groups in total. The standard InChI is InChI=1S/C33H54O10/c1-30(2,43-29-28(40)27(39)26(38)24(16-34)42-29)10-6-11-33(5,41)25-8-7-18-17-13-21(35)20-14-22(36)23(37)15-32(20,4)19(17)9-12-31(18,25)3/h13,18-20,22-29,34,36-41H,6-12,14-16H2,1-5H3/t18-,19-,20-,22+,23-,24+,25-,26+,27-,28+,29-,31-,32+,33-/m0/s1. The van der Waals surface area contributed by atoms with Gasteiger partial charge in [0.1, 0.15) is 24.4 Å². The van der Waals surface area contributed by atoms with Gasteiger partial charge in [-0.15, -0.1) is 0 Å². The summed E-state index contributed by atoms with van der Waals surface area (Å²) in [7, 11) is 0. The molecule has 0 unspecified atom stereocenters. The van der Waals surface area contributed by atoms with Gasteiger partial charge in [-0.05, 0) is 113 Å². The number of carbonyl (C=O) groups excluding carboxylic acids is 1. The number of hydrogen-bond acceptors (Lipinski definition) is 10. The molecule has 0 aromatic rings. The van der Waals surface area contributed by atoms with Crippen molar-refractivity contribution in [2.24, 2.45) is 34.5 Å². The van der Waals surface area contributed by atoms with Crippen molar-refractivity contribution in [3.8, 4) is 0 Å². The highest BCUT2D eigenvalue weighted by Gasteiger charge is 2.62. The van der Waals surface area contributed by atoms with Crippen molar-refractivity contribution in [1.29, 1.82) is 0 Å². The molecule has 0 amide bonds. The molecule has 1 heterocycles. The van der Waals surface area contributed by atoms with E-state index in [1.54, 1.807) is 0 Å². The molecule has 3 saturated carbocycles. The Balaban J connectivity index is 1.23. The molecule has 0 spiro atoms. The Hall–Kier alpha value is -0.950. The maximum absolute atomic E-state index is 13.4. The van der Waals surface area contributed by atoms with E-state index >= 15 is 0 Å². The number of hydrogen-bond donors (Lipinski definition) is 7. The first kappa shape index (κ1) is 33.4. The van der Waals surface area contributed by atoms with E-state index in [1.807, 2.05) is 26.8 Å². The van der Waals surface area contributed by atoms with Gasteiger partial charge in [-0.25, -0.2) is 0 Å². The second-order valence-corrected chi connectivity index (χ2v) is 15.7. The first-order valence-corrected chi connectivity index (χ1v) is 16.3. The van der Waals surface area contributed by atoms with E-state index in [4.69, 9.17) is 9.47 Å². The molecule has 4 fully saturated rings.